The standard InChI is InChI=1S/C14H15N3O2/c1-10(18)13-5-6-17(16-13)9-12-4-3-11(8-15)7-14(12)19-2/h3-7,10,18H,9H2,1-2H3/t10-/m1/s1. The Morgan fingerprint density at radius 1 is 1.47 bits per heavy atom. The molecule has 1 atom stereocenters. The van der Waals surface area contributed by atoms with Crippen LogP contribution >= 0.6 is 0 Å². The van der Waals surface area contributed by atoms with E-state index in [1.165, 1.54) is 0 Å². The number of ether oxygens (including phenoxy) is 1. The minimum atomic E-state index is -0.580. The van der Waals surface area contributed by atoms with Crippen LogP contribution in [0.15, 0.2) is 30.5 Å². The van der Waals surface area contributed by atoms with Gasteiger partial charge in [-0.05, 0) is 25.1 Å². The zero-order chi connectivity index (χ0) is 13.8. The molecule has 1 aromatic carbocycles. The SMILES string of the molecule is COc1cc(C#N)ccc1Cn1ccc([C@@H](C)O)n1. The fraction of sp³-hybridized carbons (Fsp3) is 0.286. The van der Waals surface area contributed by atoms with Gasteiger partial charge in [-0.3, -0.25) is 4.68 Å². The Hall–Kier alpha value is -2.32. The van der Waals surface area contributed by atoms with Crippen LogP contribution in [-0.2, 0) is 6.54 Å². The number of hydrogen-bond acceptors (Lipinski definition) is 4. The van der Waals surface area contributed by atoms with E-state index in [4.69, 9.17) is 10.00 Å². The molecule has 0 unspecified atom stereocenters. The minimum absolute atomic E-state index is 0.529. The second-order valence-electron chi connectivity index (χ2n) is 4.25. The van der Waals surface area contributed by atoms with Crippen molar-refractivity contribution in [3.63, 3.8) is 0 Å². The highest BCUT2D eigenvalue weighted by Gasteiger charge is 2.08. The molecule has 0 bridgehead atoms. The minimum Gasteiger partial charge on any atom is -0.496 e. The van der Waals surface area contributed by atoms with Gasteiger partial charge in [-0.1, -0.05) is 6.07 Å². The first kappa shape index (κ1) is 13.1. The second-order valence-corrected chi connectivity index (χ2v) is 4.25. The van der Waals surface area contributed by atoms with Gasteiger partial charge >= 0.3 is 0 Å². The van der Waals surface area contributed by atoms with Crippen LogP contribution < -0.4 is 4.74 Å². The molecular formula is C14H15N3O2. The fourth-order valence-corrected chi connectivity index (χ4v) is 1.81. The van der Waals surface area contributed by atoms with Crippen LogP contribution in [0.2, 0.25) is 0 Å². The zero-order valence-corrected chi connectivity index (χ0v) is 10.9. The Labute approximate surface area is 111 Å². The largest absolute Gasteiger partial charge is 0.496 e. The maximum absolute atomic E-state index is 9.44. The average Bonchev–Trinajstić information content (AvgIpc) is 2.88. The molecule has 0 radical (unpaired) electrons. The summed E-state index contributed by atoms with van der Waals surface area (Å²) in [7, 11) is 1.57. The summed E-state index contributed by atoms with van der Waals surface area (Å²) in [5.74, 6) is 0.660. The zero-order valence-electron chi connectivity index (χ0n) is 10.9. The van der Waals surface area contributed by atoms with Crippen LogP contribution in [0.3, 0.4) is 0 Å². The van der Waals surface area contributed by atoms with Gasteiger partial charge in [0.15, 0.2) is 0 Å². The highest BCUT2D eigenvalue weighted by atomic mass is 16.5. The summed E-state index contributed by atoms with van der Waals surface area (Å²) < 4.78 is 7.00. The van der Waals surface area contributed by atoms with Gasteiger partial charge in [0.2, 0.25) is 0 Å². The summed E-state index contributed by atoms with van der Waals surface area (Å²) in [6, 6.07) is 9.15. The number of hydrogen-bond donors (Lipinski definition) is 1. The molecule has 2 aromatic rings. The van der Waals surface area contributed by atoms with Crippen molar-refractivity contribution in [2.24, 2.45) is 0 Å². The van der Waals surface area contributed by atoms with Crippen molar-refractivity contribution in [2.45, 2.75) is 19.6 Å². The monoisotopic (exact) mass is 257 g/mol. The normalized spacial score (nSPS) is 11.9. The molecule has 5 heteroatoms. The van der Waals surface area contributed by atoms with Gasteiger partial charge in [0.1, 0.15) is 5.75 Å². The number of aromatic nitrogens is 2. The number of nitrogens with zero attached hydrogens (tertiary/aromatic N) is 3. The van der Waals surface area contributed by atoms with Crippen molar-refractivity contribution in [3.8, 4) is 11.8 Å². The predicted molar refractivity (Wildman–Crippen MR) is 69.7 cm³/mol. The molecule has 98 valence electrons. The van der Waals surface area contributed by atoms with E-state index >= 15 is 0 Å². The molecule has 19 heavy (non-hydrogen) atoms. The highest BCUT2D eigenvalue weighted by Crippen LogP contribution is 2.21. The lowest BCUT2D eigenvalue weighted by molar-refractivity contribution is 0.193. The van der Waals surface area contributed by atoms with Gasteiger partial charge in [-0.15, -0.1) is 0 Å². The molecule has 0 amide bonds. The van der Waals surface area contributed by atoms with E-state index < -0.39 is 6.10 Å². The summed E-state index contributed by atoms with van der Waals surface area (Å²) in [6.45, 7) is 2.20. The number of nitriles is 1. The van der Waals surface area contributed by atoms with Crippen LogP contribution in [0, 0.1) is 11.3 Å². The molecular weight excluding hydrogens is 242 g/mol. The molecule has 0 fully saturated rings. The smallest absolute Gasteiger partial charge is 0.125 e. The van der Waals surface area contributed by atoms with Crippen molar-refractivity contribution >= 4 is 0 Å². The lowest BCUT2D eigenvalue weighted by Crippen LogP contribution is -2.04. The molecule has 0 spiro atoms. The van der Waals surface area contributed by atoms with Gasteiger partial charge in [0.25, 0.3) is 0 Å². The summed E-state index contributed by atoms with van der Waals surface area (Å²) in [4.78, 5) is 0. The number of rotatable bonds is 4. The quantitative estimate of drug-likeness (QED) is 0.907. The van der Waals surface area contributed by atoms with E-state index in [2.05, 4.69) is 11.2 Å². The van der Waals surface area contributed by atoms with E-state index in [0.717, 1.165) is 5.56 Å². The Bertz CT molecular complexity index is 611. The first-order valence-electron chi connectivity index (χ1n) is 5.92. The molecule has 1 N–H and O–H groups in total. The molecule has 0 aliphatic rings. The maximum atomic E-state index is 9.44. The van der Waals surface area contributed by atoms with Crippen molar-refractivity contribution < 1.29 is 9.84 Å². The van der Waals surface area contributed by atoms with Gasteiger partial charge < -0.3 is 9.84 Å². The van der Waals surface area contributed by atoms with Crippen LogP contribution in [0.4, 0.5) is 0 Å². The van der Waals surface area contributed by atoms with Crippen LogP contribution in [0.25, 0.3) is 0 Å². The number of benzene rings is 1. The Balaban J connectivity index is 2.25. The van der Waals surface area contributed by atoms with E-state index in [0.29, 0.717) is 23.6 Å². The topological polar surface area (TPSA) is 71.1 Å². The van der Waals surface area contributed by atoms with E-state index in [9.17, 15) is 5.11 Å². The van der Waals surface area contributed by atoms with E-state index in [1.54, 1.807) is 43.1 Å². The number of methoxy groups -OCH3 is 1. The number of aliphatic hydroxyl groups excluding tert-OH is 1. The first-order chi connectivity index (χ1) is 9.13. The van der Waals surface area contributed by atoms with Crippen LogP contribution in [-0.4, -0.2) is 22.0 Å². The van der Waals surface area contributed by atoms with Gasteiger partial charge in [-0.25, -0.2) is 0 Å². The highest BCUT2D eigenvalue weighted by molar-refractivity contribution is 5.42. The van der Waals surface area contributed by atoms with Gasteiger partial charge in [-0.2, -0.15) is 10.4 Å². The lowest BCUT2D eigenvalue weighted by atomic mass is 10.1. The molecule has 0 saturated heterocycles. The van der Waals surface area contributed by atoms with Crippen LogP contribution in [0.5, 0.6) is 5.75 Å². The number of aliphatic hydroxyl groups is 1. The molecule has 0 aliphatic heterocycles. The van der Waals surface area contributed by atoms with E-state index in [1.807, 2.05) is 6.07 Å². The average molecular weight is 257 g/mol. The third-order valence-corrected chi connectivity index (χ3v) is 2.84. The summed E-state index contributed by atoms with van der Waals surface area (Å²) in [5, 5.41) is 22.6. The van der Waals surface area contributed by atoms with Gasteiger partial charge in [0.05, 0.1) is 37.1 Å². The summed E-state index contributed by atoms with van der Waals surface area (Å²) in [5.41, 5.74) is 2.13. The molecule has 2 rings (SSSR count). The van der Waals surface area contributed by atoms with Crippen molar-refractivity contribution in [2.75, 3.05) is 7.11 Å². The van der Waals surface area contributed by atoms with Crippen molar-refractivity contribution in [1.82, 2.24) is 9.78 Å². The summed E-state index contributed by atoms with van der Waals surface area (Å²) >= 11 is 0. The second kappa shape index (κ2) is 5.55. The third kappa shape index (κ3) is 2.92. The Morgan fingerprint density at radius 3 is 2.84 bits per heavy atom. The summed E-state index contributed by atoms with van der Waals surface area (Å²) in [6.07, 6.45) is 1.23. The third-order valence-electron chi connectivity index (χ3n) is 2.84. The predicted octanol–water partition coefficient (Wildman–Crippen LogP) is 1.86. The first-order valence-corrected chi connectivity index (χ1v) is 5.92. The Morgan fingerprint density at radius 2 is 2.26 bits per heavy atom. The molecule has 1 heterocycles. The lowest BCUT2D eigenvalue weighted by Gasteiger charge is -2.09. The molecule has 1 aromatic heterocycles. The molecule has 0 saturated carbocycles. The molecule has 5 nitrogen and oxygen atoms in total. The van der Waals surface area contributed by atoms with Crippen molar-refractivity contribution in [1.29, 1.82) is 5.26 Å². The van der Waals surface area contributed by atoms with Crippen molar-refractivity contribution in [3.05, 3.63) is 47.3 Å². The molecule has 0 aliphatic carbocycles. The fourth-order valence-electron chi connectivity index (χ4n) is 1.81. The van der Waals surface area contributed by atoms with Gasteiger partial charge in [0, 0.05) is 11.8 Å². The maximum Gasteiger partial charge on any atom is 0.125 e. The van der Waals surface area contributed by atoms with Crippen LogP contribution in [0.1, 0.15) is 29.8 Å². The Kier molecular flexibility index (Phi) is 3.83. The van der Waals surface area contributed by atoms with E-state index in [-0.39, 0.29) is 0 Å².